The van der Waals surface area contributed by atoms with Crippen LogP contribution in [0.2, 0.25) is 5.02 Å². The molecule has 0 aromatic heterocycles. The highest BCUT2D eigenvalue weighted by molar-refractivity contribution is 7.92. The first kappa shape index (κ1) is 30.1. The summed E-state index contributed by atoms with van der Waals surface area (Å²) in [6, 6.07) is 20.1. The minimum absolute atomic E-state index is 0.00668. The second kappa shape index (κ2) is 13.6. The van der Waals surface area contributed by atoms with Gasteiger partial charge in [-0.15, -0.1) is 0 Å². The minimum Gasteiger partial charge on any atom is -0.352 e. The van der Waals surface area contributed by atoms with Gasteiger partial charge in [0.15, 0.2) is 0 Å². The van der Waals surface area contributed by atoms with Crippen molar-refractivity contribution < 1.29 is 22.4 Å². The summed E-state index contributed by atoms with van der Waals surface area (Å²) in [5.41, 5.74) is 1.43. The van der Waals surface area contributed by atoms with Gasteiger partial charge in [0.25, 0.3) is 0 Å². The molecule has 10 heteroatoms. The molecule has 2 amide bonds. The van der Waals surface area contributed by atoms with Gasteiger partial charge in [0.05, 0.1) is 11.9 Å². The van der Waals surface area contributed by atoms with E-state index in [1.807, 2.05) is 44.2 Å². The molecule has 39 heavy (non-hydrogen) atoms. The molecule has 0 aliphatic rings. The monoisotopic (exact) mass is 573 g/mol. The molecule has 3 aromatic carbocycles. The molecule has 2 atom stereocenters. The molecule has 3 aromatic rings. The largest absolute Gasteiger partial charge is 0.352 e. The van der Waals surface area contributed by atoms with Crippen LogP contribution in [-0.4, -0.2) is 50.0 Å². The third-order valence-corrected chi connectivity index (χ3v) is 7.86. The fourth-order valence-corrected chi connectivity index (χ4v) is 5.09. The third-order valence-electron chi connectivity index (χ3n) is 6.35. The average Bonchev–Trinajstić information content (AvgIpc) is 2.89. The molecule has 7 nitrogen and oxygen atoms in total. The van der Waals surface area contributed by atoms with E-state index in [0.717, 1.165) is 22.2 Å². The number of rotatable bonds is 12. The van der Waals surface area contributed by atoms with Gasteiger partial charge in [-0.3, -0.25) is 13.9 Å². The van der Waals surface area contributed by atoms with Crippen molar-refractivity contribution in [3.8, 4) is 0 Å². The SMILES string of the molecule is CCC(C)NC(=O)C(Cc1ccccc1)N(Cc1ccccc1Cl)C(=O)CN(c1cccc(F)c1)S(C)(=O)=O. The summed E-state index contributed by atoms with van der Waals surface area (Å²) >= 11 is 6.43. The van der Waals surface area contributed by atoms with Gasteiger partial charge in [-0.2, -0.15) is 0 Å². The predicted octanol–water partition coefficient (Wildman–Crippen LogP) is 4.80. The number of halogens is 2. The summed E-state index contributed by atoms with van der Waals surface area (Å²) in [6.45, 7) is 3.14. The number of nitrogens with one attached hydrogen (secondary N) is 1. The van der Waals surface area contributed by atoms with Gasteiger partial charge in [-0.25, -0.2) is 12.8 Å². The van der Waals surface area contributed by atoms with Gasteiger partial charge in [0.2, 0.25) is 21.8 Å². The van der Waals surface area contributed by atoms with E-state index in [9.17, 15) is 22.4 Å². The van der Waals surface area contributed by atoms with Crippen molar-refractivity contribution in [1.82, 2.24) is 10.2 Å². The van der Waals surface area contributed by atoms with E-state index in [1.54, 1.807) is 24.3 Å². The first-order chi connectivity index (χ1) is 18.5. The Morgan fingerprint density at radius 1 is 1.00 bits per heavy atom. The Balaban J connectivity index is 2.07. The zero-order chi connectivity index (χ0) is 28.6. The Morgan fingerprint density at radius 2 is 1.67 bits per heavy atom. The first-order valence-electron chi connectivity index (χ1n) is 12.6. The topological polar surface area (TPSA) is 86.8 Å². The lowest BCUT2D eigenvalue weighted by molar-refractivity contribution is -0.140. The summed E-state index contributed by atoms with van der Waals surface area (Å²) in [5, 5.41) is 3.36. The molecule has 1 N–H and O–H groups in total. The molecule has 3 rings (SSSR count). The lowest BCUT2D eigenvalue weighted by Crippen LogP contribution is -2.54. The molecule has 0 fully saturated rings. The number of carbonyl (C=O) groups is 2. The molecule has 0 radical (unpaired) electrons. The molecule has 0 bridgehead atoms. The standard InChI is InChI=1S/C29H33ClFN3O4S/c1-4-21(2)32-29(36)27(17-22-11-6-5-7-12-22)33(19-23-13-8-9-16-26(23)30)28(35)20-34(39(3,37)38)25-15-10-14-24(31)18-25/h5-16,18,21,27H,4,17,19-20H2,1-3H3,(H,32,36). The molecule has 0 heterocycles. The Labute approximate surface area is 234 Å². The van der Waals surface area contributed by atoms with Crippen LogP contribution in [0.5, 0.6) is 0 Å². The van der Waals surface area contributed by atoms with Crippen LogP contribution in [0.1, 0.15) is 31.4 Å². The molecule has 208 valence electrons. The second-order valence-electron chi connectivity index (χ2n) is 9.39. The smallest absolute Gasteiger partial charge is 0.244 e. The highest BCUT2D eigenvalue weighted by atomic mass is 35.5. The number of carbonyl (C=O) groups excluding carboxylic acids is 2. The normalized spacial score (nSPS) is 12.8. The van der Waals surface area contributed by atoms with Crippen LogP contribution in [-0.2, 0) is 32.6 Å². The minimum atomic E-state index is -3.98. The fourth-order valence-electron chi connectivity index (χ4n) is 4.05. The molecule has 0 aliphatic carbocycles. The van der Waals surface area contributed by atoms with E-state index in [-0.39, 0.29) is 30.6 Å². The van der Waals surface area contributed by atoms with E-state index in [4.69, 9.17) is 11.6 Å². The van der Waals surface area contributed by atoms with Crippen LogP contribution < -0.4 is 9.62 Å². The summed E-state index contributed by atoms with van der Waals surface area (Å²) in [6.07, 6.45) is 1.82. The van der Waals surface area contributed by atoms with Crippen LogP contribution in [0.15, 0.2) is 78.9 Å². The summed E-state index contributed by atoms with van der Waals surface area (Å²) in [5.74, 6) is -1.65. The van der Waals surface area contributed by atoms with E-state index >= 15 is 0 Å². The summed E-state index contributed by atoms with van der Waals surface area (Å²) < 4.78 is 40.3. The van der Waals surface area contributed by atoms with Crippen molar-refractivity contribution in [3.63, 3.8) is 0 Å². The van der Waals surface area contributed by atoms with E-state index in [2.05, 4.69) is 5.32 Å². The maximum atomic E-state index is 14.0. The Kier molecular flexibility index (Phi) is 10.5. The van der Waals surface area contributed by atoms with Gasteiger partial charge < -0.3 is 10.2 Å². The summed E-state index contributed by atoms with van der Waals surface area (Å²) in [4.78, 5) is 28.9. The lowest BCUT2D eigenvalue weighted by Gasteiger charge is -2.34. The number of amides is 2. The van der Waals surface area contributed by atoms with E-state index in [1.165, 1.54) is 23.1 Å². The van der Waals surface area contributed by atoms with Crippen LogP contribution in [0, 0.1) is 5.82 Å². The zero-order valence-corrected chi connectivity index (χ0v) is 23.8. The average molecular weight is 574 g/mol. The first-order valence-corrected chi connectivity index (χ1v) is 14.8. The quantitative estimate of drug-likeness (QED) is 0.337. The highest BCUT2D eigenvalue weighted by Crippen LogP contribution is 2.23. The number of anilines is 1. The van der Waals surface area contributed by atoms with Crippen molar-refractivity contribution in [2.45, 2.75) is 45.3 Å². The van der Waals surface area contributed by atoms with Gasteiger partial charge in [-0.1, -0.05) is 73.1 Å². The number of hydrogen-bond acceptors (Lipinski definition) is 4. The Bertz CT molecular complexity index is 1390. The number of sulfonamides is 1. The predicted molar refractivity (Wildman–Crippen MR) is 152 cm³/mol. The molecule has 0 saturated heterocycles. The van der Waals surface area contributed by atoms with Gasteiger partial charge in [0, 0.05) is 24.0 Å². The second-order valence-corrected chi connectivity index (χ2v) is 11.7. The van der Waals surface area contributed by atoms with E-state index in [0.29, 0.717) is 17.0 Å². The van der Waals surface area contributed by atoms with Gasteiger partial charge >= 0.3 is 0 Å². The van der Waals surface area contributed by atoms with Crippen LogP contribution in [0.3, 0.4) is 0 Å². The lowest BCUT2D eigenvalue weighted by atomic mass is 10.0. The maximum absolute atomic E-state index is 14.0. The zero-order valence-electron chi connectivity index (χ0n) is 22.2. The van der Waals surface area contributed by atoms with Crippen molar-refractivity contribution in [3.05, 3.63) is 101 Å². The maximum Gasteiger partial charge on any atom is 0.244 e. The van der Waals surface area contributed by atoms with Crippen LogP contribution in [0.25, 0.3) is 0 Å². The number of benzene rings is 3. The Morgan fingerprint density at radius 3 is 2.28 bits per heavy atom. The van der Waals surface area contributed by atoms with Crippen LogP contribution in [0.4, 0.5) is 10.1 Å². The number of hydrogen-bond donors (Lipinski definition) is 1. The van der Waals surface area contributed by atoms with Crippen molar-refractivity contribution in [2.24, 2.45) is 0 Å². The highest BCUT2D eigenvalue weighted by Gasteiger charge is 2.33. The molecule has 0 spiro atoms. The molecule has 2 unspecified atom stereocenters. The molecular formula is C29H33ClFN3O4S. The van der Waals surface area contributed by atoms with Gasteiger partial charge in [-0.05, 0) is 48.7 Å². The third kappa shape index (κ3) is 8.53. The molecular weight excluding hydrogens is 541 g/mol. The van der Waals surface area contributed by atoms with Crippen molar-refractivity contribution in [2.75, 3.05) is 17.1 Å². The van der Waals surface area contributed by atoms with Crippen LogP contribution >= 0.6 is 11.6 Å². The number of nitrogens with zero attached hydrogens (tertiary/aromatic N) is 2. The fraction of sp³-hybridized carbons (Fsp3) is 0.310. The Hall–Kier alpha value is -3.43. The van der Waals surface area contributed by atoms with E-state index < -0.39 is 34.3 Å². The molecule has 0 saturated carbocycles. The van der Waals surface area contributed by atoms with Gasteiger partial charge in [0.1, 0.15) is 18.4 Å². The van der Waals surface area contributed by atoms with Crippen molar-refractivity contribution >= 4 is 39.1 Å². The van der Waals surface area contributed by atoms with Crippen molar-refractivity contribution in [1.29, 1.82) is 0 Å². The summed E-state index contributed by atoms with van der Waals surface area (Å²) in [7, 11) is -3.98. The molecule has 0 aliphatic heterocycles.